The van der Waals surface area contributed by atoms with Crippen LogP contribution in [0.2, 0.25) is 0 Å². The first-order valence-corrected chi connectivity index (χ1v) is 14.2. The Morgan fingerprint density at radius 3 is 2.90 bits per heavy atom. The van der Waals surface area contributed by atoms with Crippen LogP contribution in [0.15, 0.2) is 93.7 Å². The molecule has 2 N–H and O–H groups in total. The van der Waals surface area contributed by atoms with E-state index in [0.29, 0.717) is 35.7 Å². The number of furan rings is 1. The number of phenolic OH excluding ortho intramolecular Hbond substituents is 1. The van der Waals surface area contributed by atoms with Gasteiger partial charge in [-0.2, -0.15) is 4.99 Å². The largest absolute Gasteiger partial charge is 0.507 e. The van der Waals surface area contributed by atoms with Crippen molar-refractivity contribution in [2.75, 3.05) is 6.61 Å². The minimum Gasteiger partial charge on any atom is -0.507 e. The van der Waals surface area contributed by atoms with Crippen LogP contribution in [0, 0.1) is 11.8 Å². The highest BCUT2D eigenvalue weighted by atomic mass is 16.5. The summed E-state index contributed by atoms with van der Waals surface area (Å²) in [5.74, 6) is 3.23. The number of para-hydroxylation sites is 1. The maximum absolute atomic E-state index is 10.6. The molecule has 5 nitrogen and oxygen atoms in total. The maximum atomic E-state index is 10.6. The molecule has 2 aromatic carbocycles. The zero-order chi connectivity index (χ0) is 26.8. The van der Waals surface area contributed by atoms with Crippen molar-refractivity contribution >= 4 is 22.9 Å². The van der Waals surface area contributed by atoms with Crippen molar-refractivity contribution in [3.05, 3.63) is 107 Å². The molecule has 3 unspecified atom stereocenters. The highest BCUT2D eigenvalue weighted by molar-refractivity contribution is 6.02. The number of hydrogen-bond donors (Lipinski definition) is 2. The van der Waals surface area contributed by atoms with Gasteiger partial charge in [-0.25, -0.2) is 0 Å². The minimum atomic E-state index is -0.179. The first-order valence-electron chi connectivity index (χ1n) is 14.2. The van der Waals surface area contributed by atoms with Crippen molar-refractivity contribution in [2.45, 2.75) is 52.0 Å². The summed E-state index contributed by atoms with van der Waals surface area (Å²) in [7, 11) is 0. The lowest BCUT2D eigenvalue weighted by molar-refractivity contribution is 0.152. The van der Waals surface area contributed by atoms with Gasteiger partial charge >= 0.3 is 0 Å². The van der Waals surface area contributed by atoms with E-state index in [-0.39, 0.29) is 11.8 Å². The Bertz CT molecular complexity index is 1520. The number of hydrogen-bond acceptors (Lipinski definition) is 5. The van der Waals surface area contributed by atoms with Crippen molar-refractivity contribution in [1.29, 1.82) is 0 Å². The Hall–Kier alpha value is -3.99. The molecule has 39 heavy (non-hydrogen) atoms. The zero-order valence-corrected chi connectivity index (χ0v) is 22.7. The minimum absolute atomic E-state index is 0.179. The Labute approximate surface area is 230 Å². The van der Waals surface area contributed by atoms with Crippen molar-refractivity contribution in [2.24, 2.45) is 16.8 Å². The molecule has 6 rings (SSSR count). The zero-order valence-electron chi connectivity index (χ0n) is 22.7. The Balaban J connectivity index is 1.31. The number of aromatic hydroxyl groups is 1. The van der Waals surface area contributed by atoms with Gasteiger partial charge in [0, 0.05) is 22.9 Å². The lowest BCUT2D eigenvalue weighted by Gasteiger charge is -2.25. The van der Waals surface area contributed by atoms with Gasteiger partial charge in [-0.15, -0.1) is 0 Å². The van der Waals surface area contributed by atoms with E-state index >= 15 is 0 Å². The molecule has 3 aliphatic rings. The molecule has 0 spiro atoms. The van der Waals surface area contributed by atoms with Gasteiger partial charge in [0.15, 0.2) is 0 Å². The number of fused-ring (bicyclic) bond motifs is 4. The molecular weight excluding hydrogens is 484 g/mol. The molecule has 3 atom stereocenters. The molecule has 2 heterocycles. The normalized spacial score (nSPS) is 20.4. The molecule has 200 valence electrons. The van der Waals surface area contributed by atoms with Crippen molar-refractivity contribution < 1.29 is 14.3 Å². The lowest BCUT2D eigenvalue weighted by Crippen LogP contribution is -2.32. The smallest absolute Gasteiger partial charge is 0.213 e. The van der Waals surface area contributed by atoms with Gasteiger partial charge in [0.05, 0.1) is 18.2 Å². The maximum Gasteiger partial charge on any atom is 0.213 e. The van der Waals surface area contributed by atoms with Crippen LogP contribution in [0.25, 0.3) is 17.0 Å². The van der Waals surface area contributed by atoms with Crippen LogP contribution in [0.1, 0.15) is 68.0 Å². The van der Waals surface area contributed by atoms with Crippen molar-refractivity contribution in [3.8, 4) is 5.75 Å². The van der Waals surface area contributed by atoms with Gasteiger partial charge in [0.25, 0.3) is 0 Å². The van der Waals surface area contributed by atoms with E-state index in [0.717, 1.165) is 36.2 Å². The third kappa shape index (κ3) is 5.18. The Morgan fingerprint density at radius 1 is 1.15 bits per heavy atom. The molecule has 0 saturated carbocycles. The summed E-state index contributed by atoms with van der Waals surface area (Å²) in [6, 6.07) is 13.5. The third-order valence-electron chi connectivity index (χ3n) is 8.09. The Kier molecular flexibility index (Phi) is 7.14. The molecule has 0 amide bonds. The highest BCUT2D eigenvalue weighted by Crippen LogP contribution is 2.39. The van der Waals surface area contributed by atoms with Gasteiger partial charge in [-0.3, -0.25) is 0 Å². The SMILES string of the molecule is CCCCC(CC)COC1=CC(c2ccc3c4c(oc3c2)C=C2C=CC=CC2C4)NC(c2ccccc2O)=N1. The molecule has 5 heteroatoms. The van der Waals surface area contributed by atoms with Gasteiger partial charge < -0.3 is 19.6 Å². The van der Waals surface area contributed by atoms with Crippen LogP contribution in [-0.4, -0.2) is 17.5 Å². The molecular formula is C34H36N2O3. The quantitative estimate of drug-likeness (QED) is 0.300. The summed E-state index contributed by atoms with van der Waals surface area (Å²) in [5, 5.41) is 15.3. The topological polar surface area (TPSA) is 67.0 Å². The van der Waals surface area contributed by atoms with Crippen LogP contribution in [0.5, 0.6) is 5.75 Å². The number of rotatable bonds is 9. The second kappa shape index (κ2) is 11.0. The van der Waals surface area contributed by atoms with Crippen molar-refractivity contribution in [3.63, 3.8) is 0 Å². The van der Waals surface area contributed by atoms with E-state index in [9.17, 15) is 5.11 Å². The average molecular weight is 521 g/mol. The van der Waals surface area contributed by atoms with Crippen molar-refractivity contribution in [1.82, 2.24) is 5.32 Å². The molecule has 0 bridgehead atoms. The van der Waals surface area contributed by atoms with Gasteiger partial charge in [-0.1, -0.05) is 81.7 Å². The second-order valence-corrected chi connectivity index (χ2v) is 10.7. The number of amidine groups is 1. The summed E-state index contributed by atoms with van der Waals surface area (Å²) >= 11 is 0. The number of aliphatic imine (C=N–C) groups is 1. The van der Waals surface area contributed by atoms with E-state index in [1.165, 1.54) is 29.4 Å². The fourth-order valence-electron chi connectivity index (χ4n) is 5.70. The summed E-state index contributed by atoms with van der Waals surface area (Å²) in [6.07, 6.45) is 18.4. The third-order valence-corrected chi connectivity index (χ3v) is 8.09. The van der Waals surface area contributed by atoms with Crippen LogP contribution in [0.3, 0.4) is 0 Å². The van der Waals surface area contributed by atoms with E-state index < -0.39 is 0 Å². The number of benzene rings is 2. The first-order chi connectivity index (χ1) is 19.1. The van der Waals surface area contributed by atoms with E-state index in [2.05, 4.69) is 67.7 Å². The standard InChI is InChI=1S/C34H36N2O3/c1-3-5-10-22(4-2)21-38-33-20-29(35-34(36-33)27-13-8-9-14-30(27)37)25-15-16-26-28-17-23-11-6-7-12-24(23)18-32(28)39-31(26)19-25/h6-9,11-16,18-20,22-23,29,37H,3-5,10,17,21H2,1-2H3,(H,35,36). The average Bonchev–Trinajstić information content (AvgIpc) is 3.32. The summed E-state index contributed by atoms with van der Waals surface area (Å²) in [5.41, 5.74) is 5.17. The van der Waals surface area contributed by atoms with Gasteiger partial charge in [-0.05, 0) is 54.2 Å². The van der Waals surface area contributed by atoms with E-state index in [1.807, 2.05) is 24.3 Å². The second-order valence-electron chi connectivity index (χ2n) is 10.7. The number of phenols is 1. The molecule has 0 radical (unpaired) electrons. The van der Waals surface area contributed by atoms with Crippen LogP contribution in [0.4, 0.5) is 0 Å². The summed E-state index contributed by atoms with van der Waals surface area (Å²) < 4.78 is 12.7. The molecule has 1 aliphatic heterocycles. The fourth-order valence-corrected chi connectivity index (χ4v) is 5.70. The highest BCUT2D eigenvalue weighted by Gasteiger charge is 2.26. The number of nitrogens with one attached hydrogen (secondary N) is 1. The Morgan fingerprint density at radius 2 is 2.05 bits per heavy atom. The predicted molar refractivity (Wildman–Crippen MR) is 158 cm³/mol. The molecule has 3 aromatic rings. The van der Waals surface area contributed by atoms with E-state index in [1.54, 1.807) is 6.07 Å². The monoisotopic (exact) mass is 520 g/mol. The fraction of sp³-hybridized carbons (Fsp3) is 0.324. The number of ether oxygens (including phenoxy) is 1. The molecule has 0 saturated heterocycles. The number of allylic oxidation sites excluding steroid dienone is 5. The first kappa shape index (κ1) is 25.3. The summed E-state index contributed by atoms with van der Waals surface area (Å²) in [4.78, 5) is 4.77. The van der Waals surface area contributed by atoms with E-state index in [4.69, 9.17) is 14.1 Å². The van der Waals surface area contributed by atoms with Gasteiger partial charge in [0.1, 0.15) is 22.9 Å². The van der Waals surface area contributed by atoms with Crippen LogP contribution in [-0.2, 0) is 11.2 Å². The molecule has 2 aliphatic carbocycles. The molecule has 1 aromatic heterocycles. The lowest BCUT2D eigenvalue weighted by atomic mass is 9.83. The van der Waals surface area contributed by atoms with Crippen LogP contribution < -0.4 is 5.32 Å². The van der Waals surface area contributed by atoms with Gasteiger partial charge in [0.2, 0.25) is 5.88 Å². The molecule has 0 fully saturated rings. The number of unbranched alkanes of at least 4 members (excludes halogenated alkanes) is 1. The summed E-state index contributed by atoms with van der Waals surface area (Å²) in [6.45, 7) is 5.07. The number of nitrogens with zero attached hydrogens (tertiary/aromatic N) is 1. The predicted octanol–water partition coefficient (Wildman–Crippen LogP) is 7.99. The van der Waals surface area contributed by atoms with Crippen LogP contribution >= 0.6 is 0 Å².